The van der Waals surface area contributed by atoms with Crippen LogP contribution in [0.25, 0.3) is 5.76 Å². The minimum Gasteiger partial charge on any atom is -0.872 e. The van der Waals surface area contributed by atoms with Crippen LogP contribution in [0.2, 0.25) is 0 Å². The fourth-order valence-corrected chi connectivity index (χ4v) is 5.28. The Hall–Kier alpha value is -4.53. The molecule has 0 bridgehead atoms. The second-order valence-corrected chi connectivity index (χ2v) is 9.87. The molecule has 1 aromatic heterocycles. The minimum atomic E-state index is -0.861. The number of nitrogens with one attached hydrogen (secondary N) is 1. The van der Waals surface area contributed by atoms with Crippen molar-refractivity contribution in [2.45, 2.75) is 45.4 Å². The molecule has 208 valence electrons. The van der Waals surface area contributed by atoms with Crippen LogP contribution in [0.1, 0.15) is 43.0 Å². The standard InChI is InChI=1S/C31H33N3O6/c1-4-15-39-25-10-7-21(18-26(25)38-5-2)28-27(29(35)22-8-9-24-23(17-22)16-20(3)40-24)30(36)31(37)34(28)13-6-12-33-14-11-32-19-33/h4,7-11,14,17-20,28H,1,5-6,12-13,15-16H2,2-3H3,(H,35,36). The highest BCUT2D eigenvalue weighted by Gasteiger charge is 2.44. The average molecular weight is 544 g/mol. The number of hydrogen-bond acceptors (Lipinski definition) is 6. The molecule has 9 nitrogen and oxygen atoms in total. The molecule has 2 aromatic carbocycles. The van der Waals surface area contributed by atoms with Gasteiger partial charge in [-0.15, -0.1) is 0 Å². The molecule has 0 radical (unpaired) electrons. The number of benzene rings is 2. The summed E-state index contributed by atoms with van der Waals surface area (Å²) in [6, 6.07) is 9.58. The second kappa shape index (κ2) is 11.7. The summed E-state index contributed by atoms with van der Waals surface area (Å²) < 4.78 is 19.3. The van der Waals surface area contributed by atoms with Gasteiger partial charge in [-0.2, -0.15) is 0 Å². The number of aromatic amines is 1. The van der Waals surface area contributed by atoms with Crippen molar-refractivity contribution >= 4 is 17.4 Å². The first-order valence-electron chi connectivity index (χ1n) is 13.5. The van der Waals surface area contributed by atoms with Crippen molar-refractivity contribution in [1.29, 1.82) is 0 Å². The quantitative estimate of drug-likeness (QED) is 0.131. The Balaban J connectivity index is 1.56. The van der Waals surface area contributed by atoms with E-state index in [9.17, 15) is 14.7 Å². The summed E-state index contributed by atoms with van der Waals surface area (Å²) in [4.78, 5) is 31.3. The number of fused-ring (bicyclic) bond motifs is 1. The summed E-state index contributed by atoms with van der Waals surface area (Å²) in [6.45, 7) is 9.12. The normalized spacial score (nSPS) is 19.4. The van der Waals surface area contributed by atoms with Gasteiger partial charge in [0.15, 0.2) is 11.5 Å². The van der Waals surface area contributed by atoms with Gasteiger partial charge in [-0.1, -0.05) is 30.5 Å². The molecule has 2 atom stereocenters. The lowest BCUT2D eigenvalue weighted by Crippen LogP contribution is -2.36. The van der Waals surface area contributed by atoms with Crippen molar-refractivity contribution in [2.75, 3.05) is 19.8 Å². The van der Waals surface area contributed by atoms with E-state index in [0.29, 0.717) is 61.8 Å². The van der Waals surface area contributed by atoms with Gasteiger partial charge in [0.2, 0.25) is 12.1 Å². The Bertz CT molecular complexity index is 1450. The fraction of sp³-hybridized carbons (Fsp3) is 0.323. The van der Waals surface area contributed by atoms with E-state index in [4.69, 9.17) is 14.2 Å². The molecule has 40 heavy (non-hydrogen) atoms. The predicted octanol–water partition coefficient (Wildman–Crippen LogP) is 2.90. The Morgan fingerprint density at radius 1 is 1.23 bits per heavy atom. The second-order valence-electron chi connectivity index (χ2n) is 9.87. The van der Waals surface area contributed by atoms with Crippen LogP contribution in [0.3, 0.4) is 0 Å². The van der Waals surface area contributed by atoms with Gasteiger partial charge in [-0.05, 0) is 54.8 Å². The zero-order chi connectivity index (χ0) is 28.2. The number of carbonyl (C=O) groups is 2. The van der Waals surface area contributed by atoms with Gasteiger partial charge in [-0.3, -0.25) is 14.6 Å². The lowest BCUT2D eigenvalue weighted by Gasteiger charge is -2.28. The molecule has 1 amide bonds. The number of hydrogen-bond donors (Lipinski definition) is 1. The number of likely N-dealkylation sites (tertiary alicyclic amines) is 1. The van der Waals surface area contributed by atoms with E-state index in [0.717, 1.165) is 11.3 Å². The number of ether oxygens (including phenoxy) is 3. The molecule has 2 aliphatic heterocycles. The number of amides is 1. The van der Waals surface area contributed by atoms with Gasteiger partial charge in [0, 0.05) is 25.0 Å². The number of carbonyl (C=O) groups excluding carboxylic acids is 2. The molecule has 0 saturated carbocycles. The Morgan fingerprint density at radius 2 is 2.08 bits per heavy atom. The summed E-state index contributed by atoms with van der Waals surface area (Å²) in [5, 5.41) is 13.9. The number of imidazole rings is 1. The highest BCUT2D eigenvalue weighted by atomic mass is 16.5. The lowest BCUT2D eigenvalue weighted by molar-refractivity contribution is -0.695. The van der Waals surface area contributed by atoms with E-state index >= 15 is 0 Å². The number of aromatic nitrogens is 2. The van der Waals surface area contributed by atoms with Crippen molar-refractivity contribution in [1.82, 2.24) is 9.88 Å². The maximum atomic E-state index is 13.9. The average Bonchev–Trinajstić information content (AvgIpc) is 3.66. The van der Waals surface area contributed by atoms with Gasteiger partial charge >= 0.3 is 0 Å². The molecule has 2 unspecified atom stereocenters. The summed E-state index contributed by atoms with van der Waals surface area (Å²) in [5.74, 6) is -0.211. The number of H-pyrrole nitrogens is 1. The van der Waals surface area contributed by atoms with E-state index in [-0.39, 0.29) is 11.7 Å². The Morgan fingerprint density at radius 3 is 2.83 bits per heavy atom. The zero-order valence-electron chi connectivity index (χ0n) is 22.7. The van der Waals surface area contributed by atoms with Crippen molar-refractivity contribution in [3.8, 4) is 17.2 Å². The summed E-state index contributed by atoms with van der Waals surface area (Å²) >= 11 is 0. The fourth-order valence-electron chi connectivity index (χ4n) is 5.28. The first kappa shape index (κ1) is 27.1. The van der Waals surface area contributed by atoms with Gasteiger partial charge < -0.3 is 24.2 Å². The molecule has 5 rings (SSSR count). The summed E-state index contributed by atoms with van der Waals surface area (Å²) in [5.41, 5.74) is 1.81. The number of Topliss-reactive ketones (excluding diaryl/α,β-unsaturated/α-hetero) is 1. The van der Waals surface area contributed by atoms with E-state index in [1.807, 2.05) is 37.1 Å². The SMILES string of the molecule is C=CCOc1ccc(C2/C(=C(\[O-])c3ccc4c(c3)CC(C)O4)C(=O)C(=O)N2CCC[n+]2cc[nH]c2)cc1OCC. The zero-order valence-corrected chi connectivity index (χ0v) is 22.7. The van der Waals surface area contributed by atoms with Gasteiger partial charge in [0.05, 0.1) is 19.2 Å². The van der Waals surface area contributed by atoms with Crippen LogP contribution in [0, 0.1) is 0 Å². The van der Waals surface area contributed by atoms with E-state index < -0.39 is 23.5 Å². The van der Waals surface area contributed by atoms with Gasteiger partial charge in [-0.25, -0.2) is 4.57 Å². The van der Waals surface area contributed by atoms with Crippen molar-refractivity contribution in [3.63, 3.8) is 0 Å². The minimum absolute atomic E-state index is 0.0163. The third-order valence-electron chi connectivity index (χ3n) is 7.05. The van der Waals surface area contributed by atoms with Crippen LogP contribution < -0.4 is 23.9 Å². The summed E-state index contributed by atoms with van der Waals surface area (Å²) in [7, 11) is 0. The van der Waals surface area contributed by atoms with Crippen molar-refractivity contribution in [3.05, 3.63) is 90.0 Å². The molecule has 3 aromatic rings. The van der Waals surface area contributed by atoms with Gasteiger partial charge in [0.25, 0.3) is 5.91 Å². The lowest BCUT2D eigenvalue weighted by atomic mass is 9.94. The molecule has 1 fully saturated rings. The van der Waals surface area contributed by atoms with Crippen LogP contribution in [0.4, 0.5) is 0 Å². The molecule has 1 saturated heterocycles. The van der Waals surface area contributed by atoms with Crippen molar-refractivity contribution < 1.29 is 33.5 Å². The predicted molar refractivity (Wildman–Crippen MR) is 146 cm³/mol. The van der Waals surface area contributed by atoms with Gasteiger partial charge in [0.1, 0.15) is 30.9 Å². The van der Waals surface area contributed by atoms with E-state index in [1.165, 1.54) is 4.90 Å². The molecule has 1 N–H and O–H groups in total. The molecular weight excluding hydrogens is 510 g/mol. The molecule has 0 aliphatic carbocycles. The number of aryl methyl sites for hydroxylation is 1. The third kappa shape index (κ3) is 5.32. The highest BCUT2D eigenvalue weighted by molar-refractivity contribution is 6.46. The molecule has 2 aliphatic rings. The van der Waals surface area contributed by atoms with Crippen LogP contribution in [-0.2, 0) is 22.6 Å². The highest BCUT2D eigenvalue weighted by Crippen LogP contribution is 2.42. The number of ketones is 1. The maximum Gasteiger partial charge on any atom is 0.295 e. The first-order valence-corrected chi connectivity index (χ1v) is 13.5. The van der Waals surface area contributed by atoms with Crippen LogP contribution in [-0.4, -0.2) is 47.4 Å². The molecule has 9 heteroatoms. The third-order valence-corrected chi connectivity index (χ3v) is 7.05. The maximum absolute atomic E-state index is 13.9. The topological polar surface area (TPSA) is 108 Å². The van der Waals surface area contributed by atoms with Crippen LogP contribution >= 0.6 is 0 Å². The Labute approximate surface area is 233 Å². The van der Waals surface area contributed by atoms with Crippen molar-refractivity contribution in [2.24, 2.45) is 0 Å². The molecular formula is C31H33N3O6. The molecule has 0 spiro atoms. The summed E-state index contributed by atoms with van der Waals surface area (Å²) in [6.07, 6.45) is 8.44. The monoisotopic (exact) mass is 543 g/mol. The van der Waals surface area contributed by atoms with E-state index in [1.54, 1.807) is 42.5 Å². The largest absolute Gasteiger partial charge is 0.872 e. The molecule has 3 heterocycles. The smallest absolute Gasteiger partial charge is 0.295 e. The van der Waals surface area contributed by atoms with Crippen LogP contribution in [0.15, 0.2) is 73.3 Å². The van der Waals surface area contributed by atoms with Crippen LogP contribution in [0.5, 0.6) is 17.2 Å². The Kier molecular flexibility index (Phi) is 7.91. The first-order chi connectivity index (χ1) is 19.4. The number of nitrogens with zero attached hydrogens (tertiary/aromatic N) is 2. The number of rotatable bonds is 11. The van der Waals surface area contributed by atoms with E-state index in [2.05, 4.69) is 11.6 Å².